The van der Waals surface area contributed by atoms with Gasteiger partial charge in [-0.1, -0.05) is 11.8 Å². The summed E-state index contributed by atoms with van der Waals surface area (Å²) in [7, 11) is 0. The first kappa shape index (κ1) is 9.45. The van der Waals surface area contributed by atoms with E-state index in [0.717, 1.165) is 29.8 Å². The molecular weight excluding hydrogens is 204 g/mol. The van der Waals surface area contributed by atoms with Crippen molar-refractivity contribution >= 4 is 23.1 Å². The third kappa shape index (κ3) is 2.95. The molecule has 0 aromatic carbocycles. The number of morpholine rings is 1. The second-order valence-electron chi connectivity index (χ2n) is 2.81. The number of thiazole rings is 1. The van der Waals surface area contributed by atoms with Crippen molar-refractivity contribution < 1.29 is 4.74 Å². The quantitative estimate of drug-likeness (QED) is 0.771. The second-order valence-corrected chi connectivity index (χ2v) is 4.97. The Morgan fingerprint density at radius 3 is 3.46 bits per heavy atom. The lowest BCUT2D eigenvalue weighted by atomic mass is 10.3. The smallest absolute Gasteiger partial charge is 0.149 e. The highest BCUT2D eigenvalue weighted by Crippen LogP contribution is 2.21. The van der Waals surface area contributed by atoms with Crippen LogP contribution in [0.3, 0.4) is 0 Å². The predicted molar refractivity (Wildman–Crippen MR) is 55.4 cm³/mol. The molecule has 1 aliphatic rings. The van der Waals surface area contributed by atoms with Crippen molar-refractivity contribution in [2.75, 3.05) is 25.4 Å². The van der Waals surface area contributed by atoms with E-state index in [0.29, 0.717) is 6.10 Å². The lowest BCUT2D eigenvalue weighted by Crippen LogP contribution is -2.39. The Balaban J connectivity index is 1.72. The van der Waals surface area contributed by atoms with E-state index in [1.165, 1.54) is 0 Å². The van der Waals surface area contributed by atoms with Gasteiger partial charge in [0.1, 0.15) is 4.34 Å². The minimum Gasteiger partial charge on any atom is -0.375 e. The first-order valence-electron chi connectivity index (χ1n) is 4.30. The number of hydrogen-bond acceptors (Lipinski definition) is 5. The van der Waals surface area contributed by atoms with Gasteiger partial charge in [0.2, 0.25) is 0 Å². The Bertz CT molecular complexity index is 234. The molecule has 1 aromatic rings. The van der Waals surface area contributed by atoms with E-state index >= 15 is 0 Å². The fraction of sp³-hybridized carbons (Fsp3) is 0.625. The maximum atomic E-state index is 5.57. The molecule has 13 heavy (non-hydrogen) atoms. The van der Waals surface area contributed by atoms with Gasteiger partial charge in [-0.3, -0.25) is 0 Å². The van der Waals surface area contributed by atoms with E-state index in [9.17, 15) is 0 Å². The van der Waals surface area contributed by atoms with Crippen LogP contribution in [0.5, 0.6) is 0 Å². The Kier molecular flexibility index (Phi) is 3.60. The number of thioether (sulfide) groups is 1. The summed E-state index contributed by atoms with van der Waals surface area (Å²) in [6.45, 7) is 2.79. The van der Waals surface area contributed by atoms with Crippen molar-refractivity contribution in [3.8, 4) is 0 Å². The SMILES string of the molecule is c1csc(SCC2CNCCO2)n1. The number of ether oxygens (including phenoxy) is 1. The highest BCUT2D eigenvalue weighted by molar-refractivity contribution is 8.01. The summed E-state index contributed by atoms with van der Waals surface area (Å²) in [5, 5.41) is 5.31. The molecule has 72 valence electrons. The molecule has 1 atom stereocenters. The van der Waals surface area contributed by atoms with Crippen LogP contribution < -0.4 is 5.32 Å². The molecule has 5 heteroatoms. The highest BCUT2D eigenvalue weighted by Gasteiger charge is 2.13. The van der Waals surface area contributed by atoms with Crippen molar-refractivity contribution in [1.29, 1.82) is 0 Å². The average molecular weight is 216 g/mol. The number of nitrogens with one attached hydrogen (secondary N) is 1. The molecule has 0 amide bonds. The largest absolute Gasteiger partial charge is 0.375 e. The number of aromatic nitrogens is 1. The molecule has 1 fully saturated rings. The van der Waals surface area contributed by atoms with E-state index in [-0.39, 0.29) is 0 Å². The number of rotatable bonds is 3. The molecule has 1 saturated heterocycles. The van der Waals surface area contributed by atoms with Gasteiger partial charge in [-0.25, -0.2) is 4.98 Å². The van der Waals surface area contributed by atoms with Crippen LogP contribution in [0.1, 0.15) is 0 Å². The third-order valence-corrected chi connectivity index (χ3v) is 3.90. The lowest BCUT2D eigenvalue weighted by molar-refractivity contribution is 0.0441. The first-order valence-corrected chi connectivity index (χ1v) is 6.16. The Morgan fingerprint density at radius 1 is 1.77 bits per heavy atom. The predicted octanol–water partition coefficient (Wildman–Crippen LogP) is 1.22. The molecule has 2 heterocycles. The van der Waals surface area contributed by atoms with Gasteiger partial charge in [0.25, 0.3) is 0 Å². The number of nitrogens with zero attached hydrogens (tertiary/aromatic N) is 1. The molecule has 1 aromatic heterocycles. The van der Waals surface area contributed by atoms with Gasteiger partial charge >= 0.3 is 0 Å². The van der Waals surface area contributed by atoms with E-state index in [1.807, 2.05) is 11.6 Å². The van der Waals surface area contributed by atoms with Crippen LogP contribution in [0.15, 0.2) is 15.9 Å². The summed E-state index contributed by atoms with van der Waals surface area (Å²) in [5.74, 6) is 1.00. The normalized spacial score (nSPS) is 23.2. The Labute approximate surface area is 85.9 Å². The van der Waals surface area contributed by atoms with E-state index in [4.69, 9.17) is 4.74 Å². The van der Waals surface area contributed by atoms with Gasteiger partial charge in [-0.2, -0.15) is 0 Å². The highest BCUT2D eigenvalue weighted by atomic mass is 32.2. The van der Waals surface area contributed by atoms with Crippen molar-refractivity contribution in [2.45, 2.75) is 10.4 Å². The summed E-state index contributed by atoms with van der Waals surface area (Å²) in [4.78, 5) is 4.21. The van der Waals surface area contributed by atoms with Gasteiger partial charge < -0.3 is 10.1 Å². The van der Waals surface area contributed by atoms with Gasteiger partial charge in [0.05, 0.1) is 12.7 Å². The summed E-state index contributed by atoms with van der Waals surface area (Å²) in [5.41, 5.74) is 0. The van der Waals surface area contributed by atoms with Gasteiger partial charge in [-0.05, 0) is 0 Å². The minimum absolute atomic E-state index is 0.350. The fourth-order valence-corrected chi connectivity index (χ4v) is 2.85. The molecule has 1 N–H and O–H groups in total. The molecule has 0 saturated carbocycles. The standard InChI is InChI=1S/C8H12N2OS2/c1-3-11-7(5-9-1)6-13-8-10-2-4-12-8/h2,4,7,9H,1,3,5-6H2. The lowest BCUT2D eigenvalue weighted by Gasteiger charge is -2.22. The molecule has 1 unspecified atom stereocenters. The summed E-state index contributed by atoms with van der Waals surface area (Å²) in [6.07, 6.45) is 2.19. The topological polar surface area (TPSA) is 34.1 Å². The molecule has 0 bridgehead atoms. The van der Waals surface area contributed by atoms with Crippen molar-refractivity contribution in [3.05, 3.63) is 11.6 Å². The van der Waals surface area contributed by atoms with Gasteiger partial charge in [0, 0.05) is 30.4 Å². The molecule has 1 aliphatic heterocycles. The van der Waals surface area contributed by atoms with Crippen LogP contribution in [0.25, 0.3) is 0 Å². The van der Waals surface area contributed by atoms with Crippen LogP contribution in [-0.4, -0.2) is 36.5 Å². The number of hydrogen-bond donors (Lipinski definition) is 1. The maximum absolute atomic E-state index is 5.57. The third-order valence-electron chi connectivity index (χ3n) is 1.81. The first-order chi connectivity index (χ1) is 6.45. The van der Waals surface area contributed by atoms with Crippen LogP contribution >= 0.6 is 23.1 Å². The zero-order chi connectivity index (χ0) is 8.93. The summed E-state index contributed by atoms with van der Waals surface area (Å²) in [6, 6.07) is 0. The van der Waals surface area contributed by atoms with Crippen LogP contribution in [0.4, 0.5) is 0 Å². The minimum atomic E-state index is 0.350. The van der Waals surface area contributed by atoms with E-state index in [2.05, 4.69) is 10.3 Å². The zero-order valence-electron chi connectivity index (χ0n) is 7.23. The van der Waals surface area contributed by atoms with E-state index in [1.54, 1.807) is 23.1 Å². The van der Waals surface area contributed by atoms with Gasteiger partial charge in [0.15, 0.2) is 0 Å². The summed E-state index contributed by atoms with van der Waals surface area (Å²) >= 11 is 3.46. The second kappa shape index (κ2) is 4.95. The Hall–Kier alpha value is -0.100. The Morgan fingerprint density at radius 2 is 2.77 bits per heavy atom. The van der Waals surface area contributed by atoms with E-state index < -0.39 is 0 Å². The van der Waals surface area contributed by atoms with Crippen LogP contribution in [-0.2, 0) is 4.74 Å². The molecule has 3 nitrogen and oxygen atoms in total. The molecule has 0 aliphatic carbocycles. The molecule has 0 radical (unpaired) electrons. The monoisotopic (exact) mass is 216 g/mol. The zero-order valence-corrected chi connectivity index (χ0v) is 8.87. The van der Waals surface area contributed by atoms with Crippen LogP contribution in [0.2, 0.25) is 0 Å². The van der Waals surface area contributed by atoms with Gasteiger partial charge in [-0.15, -0.1) is 11.3 Å². The summed E-state index contributed by atoms with van der Waals surface area (Å²) < 4.78 is 6.70. The average Bonchev–Trinajstić information content (AvgIpc) is 2.69. The fourth-order valence-electron chi connectivity index (χ4n) is 1.17. The van der Waals surface area contributed by atoms with Crippen molar-refractivity contribution in [3.63, 3.8) is 0 Å². The van der Waals surface area contributed by atoms with Crippen molar-refractivity contribution in [1.82, 2.24) is 10.3 Å². The molecule has 2 rings (SSSR count). The van der Waals surface area contributed by atoms with Crippen molar-refractivity contribution in [2.24, 2.45) is 0 Å². The molecule has 0 spiro atoms. The van der Waals surface area contributed by atoms with Crippen LogP contribution in [0, 0.1) is 0 Å². The maximum Gasteiger partial charge on any atom is 0.149 e. The molecular formula is C8H12N2OS2.